The molecule has 3 atom stereocenters. The average Bonchev–Trinajstić information content (AvgIpc) is 2.91. The molecule has 2 heterocycles. The molecule has 4 heteroatoms. The van der Waals surface area contributed by atoms with Crippen LogP contribution in [0.5, 0.6) is 0 Å². The minimum Gasteiger partial charge on any atom is -0.469 e. The summed E-state index contributed by atoms with van der Waals surface area (Å²) in [5, 5.41) is 0. The summed E-state index contributed by atoms with van der Waals surface area (Å²) in [6.45, 7) is 5.62. The minimum absolute atomic E-state index is 0.266. The van der Waals surface area contributed by atoms with Crippen molar-refractivity contribution in [3.05, 3.63) is 23.7 Å². The number of rotatable bonds is 5. The fourth-order valence-corrected chi connectivity index (χ4v) is 2.69. The van der Waals surface area contributed by atoms with Crippen LogP contribution in [-0.2, 0) is 11.3 Å². The molecule has 18 heavy (non-hydrogen) atoms. The van der Waals surface area contributed by atoms with E-state index in [-0.39, 0.29) is 12.1 Å². The quantitative estimate of drug-likeness (QED) is 0.870. The standard InChI is InChI=1S/C14H24N2O2/c1-10-4-5-14(18-10)13(8-15)16(3)9-12-6-7-17-11(12)2/h6-7,10,13-14H,4-5,8-9,15H2,1-3H3. The molecule has 0 spiro atoms. The zero-order valence-corrected chi connectivity index (χ0v) is 11.6. The molecule has 0 saturated carbocycles. The topological polar surface area (TPSA) is 51.6 Å². The molecular formula is C14H24N2O2. The summed E-state index contributed by atoms with van der Waals surface area (Å²) >= 11 is 0. The Morgan fingerprint density at radius 2 is 2.28 bits per heavy atom. The van der Waals surface area contributed by atoms with E-state index in [0.29, 0.717) is 12.6 Å². The predicted octanol–water partition coefficient (Wildman–Crippen LogP) is 1.91. The van der Waals surface area contributed by atoms with Crippen LogP contribution < -0.4 is 5.73 Å². The zero-order chi connectivity index (χ0) is 13.1. The van der Waals surface area contributed by atoms with Gasteiger partial charge in [-0.15, -0.1) is 0 Å². The Morgan fingerprint density at radius 1 is 1.50 bits per heavy atom. The van der Waals surface area contributed by atoms with Crippen LogP contribution in [-0.4, -0.2) is 36.7 Å². The molecule has 1 fully saturated rings. The monoisotopic (exact) mass is 252 g/mol. The van der Waals surface area contributed by atoms with Gasteiger partial charge < -0.3 is 14.9 Å². The fraction of sp³-hybridized carbons (Fsp3) is 0.714. The molecule has 1 aromatic heterocycles. The Bertz CT molecular complexity index is 378. The minimum atomic E-state index is 0.266. The van der Waals surface area contributed by atoms with Crippen LogP contribution in [0.15, 0.2) is 16.7 Å². The van der Waals surface area contributed by atoms with E-state index in [0.717, 1.165) is 25.1 Å². The molecule has 0 aromatic carbocycles. The van der Waals surface area contributed by atoms with E-state index in [9.17, 15) is 0 Å². The smallest absolute Gasteiger partial charge is 0.105 e. The molecule has 1 aliphatic heterocycles. The SMILES string of the molecule is Cc1occc1CN(C)C(CN)C1CCC(C)O1. The van der Waals surface area contributed by atoms with Gasteiger partial charge in [0.05, 0.1) is 18.5 Å². The molecule has 0 amide bonds. The van der Waals surface area contributed by atoms with Crippen LogP contribution in [0.1, 0.15) is 31.1 Å². The second kappa shape index (κ2) is 5.87. The predicted molar refractivity (Wildman–Crippen MR) is 71.3 cm³/mol. The number of nitrogens with two attached hydrogens (primary N) is 1. The van der Waals surface area contributed by atoms with E-state index in [1.54, 1.807) is 6.26 Å². The summed E-state index contributed by atoms with van der Waals surface area (Å²) in [6, 6.07) is 2.31. The number of nitrogens with zero attached hydrogens (tertiary/aromatic N) is 1. The third kappa shape index (κ3) is 2.94. The highest BCUT2D eigenvalue weighted by molar-refractivity contribution is 5.15. The summed E-state index contributed by atoms with van der Waals surface area (Å²) in [5.74, 6) is 0.985. The van der Waals surface area contributed by atoms with Crippen LogP contribution in [0.2, 0.25) is 0 Å². The van der Waals surface area contributed by atoms with Crippen molar-refractivity contribution in [3.63, 3.8) is 0 Å². The first kappa shape index (κ1) is 13.6. The second-order valence-corrected chi connectivity index (χ2v) is 5.28. The van der Waals surface area contributed by atoms with E-state index >= 15 is 0 Å². The van der Waals surface area contributed by atoms with Crippen molar-refractivity contribution in [3.8, 4) is 0 Å². The normalized spacial score (nSPS) is 25.8. The van der Waals surface area contributed by atoms with Crippen LogP contribution in [0.25, 0.3) is 0 Å². The maximum atomic E-state index is 5.94. The highest BCUT2D eigenvalue weighted by Crippen LogP contribution is 2.24. The van der Waals surface area contributed by atoms with E-state index in [1.807, 2.05) is 13.0 Å². The average molecular weight is 252 g/mol. The van der Waals surface area contributed by atoms with Gasteiger partial charge in [0.2, 0.25) is 0 Å². The summed E-state index contributed by atoms with van der Waals surface area (Å²) in [5.41, 5.74) is 7.14. The second-order valence-electron chi connectivity index (χ2n) is 5.28. The van der Waals surface area contributed by atoms with E-state index < -0.39 is 0 Å². The number of likely N-dealkylation sites (N-methyl/N-ethyl adjacent to an activating group) is 1. The van der Waals surface area contributed by atoms with Crippen molar-refractivity contribution in [2.45, 2.75) is 51.5 Å². The van der Waals surface area contributed by atoms with Gasteiger partial charge in [-0.3, -0.25) is 4.90 Å². The van der Waals surface area contributed by atoms with Crippen molar-refractivity contribution in [2.24, 2.45) is 5.73 Å². The summed E-state index contributed by atoms with van der Waals surface area (Å²) in [7, 11) is 2.11. The Balaban J connectivity index is 1.97. The van der Waals surface area contributed by atoms with E-state index in [1.165, 1.54) is 5.56 Å². The molecule has 2 N–H and O–H groups in total. The number of hydrogen-bond donors (Lipinski definition) is 1. The molecule has 0 bridgehead atoms. The van der Waals surface area contributed by atoms with E-state index in [2.05, 4.69) is 18.9 Å². The largest absolute Gasteiger partial charge is 0.469 e. The Morgan fingerprint density at radius 3 is 2.78 bits per heavy atom. The van der Waals surface area contributed by atoms with Gasteiger partial charge in [-0.2, -0.15) is 0 Å². The molecule has 1 aromatic rings. The maximum Gasteiger partial charge on any atom is 0.105 e. The van der Waals surface area contributed by atoms with Gasteiger partial charge in [-0.1, -0.05) is 0 Å². The molecule has 1 aliphatic rings. The lowest BCUT2D eigenvalue weighted by Crippen LogP contribution is -2.46. The van der Waals surface area contributed by atoms with Gasteiger partial charge in [-0.05, 0) is 39.8 Å². The highest BCUT2D eigenvalue weighted by Gasteiger charge is 2.31. The fourth-order valence-electron chi connectivity index (χ4n) is 2.69. The lowest BCUT2D eigenvalue weighted by atomic mass is 10.1. The molecule has 102 valence electrons. The first-order valence-corrected chi connectivity index (χ1v) is 6.70. The van der Waals surface area contributed by atoms with Gasteiger partial charge in [0.15, 0.2) is 0 Å². The first-order valence-electron chi connectivity index (χ1n) is 6.70. The number of aryl methyl sites for hydroxylation is 1. The van der Waals surface area contributed by atoms with Gasteiger partial charge >= 0.3 is 0 Å². The molecule has 0 radical (unpaired) electrons. The van der Waals surface area contributed by atoms with Crippen molar-refractivity contribution in [1.29, 1.82) is 0 Å². The molecule has 0 aliphatic carbocycles. The number of ether oxygens (including phenoxy) is 1. The zero-order valence-electron chi connectivity index (χ0n) is 11.6. The lowest BCUT2D eigenvalue weighted by Gasteiger charge is -2.31. The summed E-state index contributed by atoms with van der Waals surface area (Å²) < 4.78 is 11.3. The van der Waals surface area contributed by atoms with Crippen molar-refractivity contribution in [1.82, 2.24) is 4.90 Å². The Kier molecular flexibility index (Phi) is 4.43. The van der Waals surface area contributed by atoms with Crippen molar-refractivity contribution >= 4 is 0 Å². The van der Waals surface area contributed by atoms with Gasteiger partial charge in [-0.25, -0.2) is 0 Å². The Hall–Kier alpha value is -0.840. The summed E-state index contributed by atoms with van der Waals surface area (Å²) in [4.78, 5) is 2.28. The first-order chi connectivity index (χ1) is 8.61. The molecule has 3 unspecified atom stereocenters. The van der Waals surface area contributed by atoms with Crippen molar-refractivity contribution < 1.29 is 9.15 Å². The van der Waals surface area contributed by atoms with Crippen LogP contribution in [0.4, 0.5) is 0 Å². The van der Waals surface area contributed by atoms with Gasteiger partial charge in [0, 0.05) is 24.7 Å². The molecule has 4 nitrogen and oxygen atoms in total. The number of furan rings is 1. The molecule has 2 rings (SSSR count). The third-order valence-corrected chi connectivity index (χ3v) is 3.89. The highest BCUT2D eigenvalue weighted by atomic mass is 16.5. The van der Waals surface area contributed by atoms with Gasteiger partial charge in [0.25, 0.3) is 0 Å². The lowest BCUT2D eigenvalue weighted by molar-refractivity contribution is 0.000748. The Labute approximate surface area is 109 Å². The van der Waals surface area contributed by atoms with Gasteiger partial charge in [0.1, 0.15) is 5.76 Å². The van der Waals surface area contributed by atoms with Crippen molar-refractivity contribution in [2.75, 3.05) is 13.6 Å². The maximum absolute atomic E-state index is 5.94. The summed E-state index contributed by atoms with van der Waals surface area (Å²) in [6.07, 6.45) is 4.62. The van der Waals surface area contributed by atoms with Crippen LogP contribution in [0.3, 0.4) is 0 Å². The molecule has 1 saturated heterocycles. The van der Waals surface area contributed by atoms with Crippen LogP contribution >= 0.6 is 0 Å². The number of hydrogen-bond acceptors (Lipinski definition) is 4. The third-order valence-electron chi connectivity index (χ3n) is 3.89. The molecular weight excluding hydrogens is 228 g/mol. The van der Waals surface area contributed by atoms with E-state index in [4.69, 9.17) is 14.9 Å². The van der Waals surface area contributed by atoms with Crippen LogP contribution in [0, 0.1) is 6.92 Å².